The Labute approximate surface area is 155 Å². The van der Waals surface area contributed by atoms with E-state index in [1.807, 2.05) is 30.3 Å². The number of methoxy groups -OCH3 is 1. The molecule has 0 saturated carbocycles. The monoisotopic (exact) mass is 378 g/mol. The molecule has 0 fully saturated rings. The number of halogens is 2. The lowest BCUT2D eigenvalue weighted by atomic mass is 10.2. The highest BCUT2D eigenvalue weighted by atomic mass is 19.3. The van der Waals surface area contributed by atoms with Gasteiger partial charge >= 0.3 is 6.61 Å². The average molecular weight is 378 g/mol. The molecule has 0 radical (unpaired) electrons. The molecule has 2 N–H and O–H groups in total. The maximum atomic E-state index is 12.4. The van der Waals surface area contributed by atoms with E-state index in [1.54, 1.807) is 0 Å². The molecule has 0 aromatic heterocycles. The molecular weight excluding hydrogens is 358 g/mol. The van der Waals surface area contributed by atoms with Crippen molar-refractivity contribution in [3.05, 3.63) is 59.7 Å². The van der Waals surface area contributed by atoms with Crippen LogP contribution in [0.1, 0.15) is 22.3 Å². The zero-order valence-electron chi connectivity index (χ0n) is 14.7. The van der Waals surface area contributed by atoms with Crippen LogP contribution in [0.3, 0.4) is 0 Å². The summed E-state index contributed by atoms with van der Waals surface area (Å²) >= 11 is 0. The van der Waals surface area contributed by atoms with Gasteiger partial charge in [0.05, 0.1) is 7.11 Å². The van der Waals surface area contributed by atoms with Crippen LogP contribution in [0.15, 0.2) is 48.5 Å². The third-order valence-electron chi connectivity index (χ3n) is 3.61. The van der Waals surface area contributed by atoms with Crippen LogP contribution < -0.4 is 20.1 Å². The fourth-order valence-corrected chi connectivity index (χ4v) is 2.28. The summed E-state index contributed by atoms with van der Waals surface area (Å²) in [5.41, 5.74) is 1.09. The van der Waals surface area contributed by atoms with E-state index in [0.717, 1.165) is 11.6 Å². The first-order valence-electron chi connectivity index (χ1n) is 8.21. The predicted octanol–water partition coefficient (Wildman–Crippen LogP) is 2.73. The molecule has 2 rings (SSSR count). The first-order valence-corrected chi connectivity index (χ1v) is 8.21. The van der Waals surface area contributed by atoms with Crippen LogP contribution in [0.5, 0.6) is 11.5 Å². The van der Waals surface area contributed by atoms with Crippen LogP contribution in [0, 0.1) is 0 Å². The summed E-state index contributed by atoms with van der Waals surface area (Å²) in [5.74, 6) is -0.865. The van der Waals surface area contributed by atoms with E-state index in [2.05, 4.69) is 15.4 Å². The number of hydrogen-bond acceptors (Lipinski definition) is 4. The molecule has 0 bridgehead atoms. The summed E-state index contributed by atoms with van der Waals surface area (Å²) < 4.78 is 34.1. The Morgan fingerprint density at radius 3 is 2.44 bits per heavy atom. The van der Waals surface area contributed by atoms with E-state index < -0.39 is 12.5 Å². The minimum Gasteiger partial charge on any atom is -0.493 e. The number of carbonyl (C=O) groups is 2. The summed E-state index contributed by atoms with van der Waals surface area (Å²) in [6.07, 6.45) is 0.0924. The highest BCUT2D eigenvalue weighted by Gasteiger charge is 2.14. The molecule has 0 unspecified atom stereocenters. The van der Waals surface area contributed by atoms with E-state index in [-0.39, 0.29) is 35.9 Å². The largest absolute Gasteiger partial charge is 0.493 e. The van der Waals surface area contributed by atoms with E-state index in [0.29, 0.717) is 6.54 Å². The van der Waals surface area contributed by atoms with Gasteiger partial charge in [0.2, 0.25) is 5.91 Å². The van der Waals surface area contributed by atoms with Crippen molar-refractivity contribution in [3.8, 4) is 11.5 Å². The number of ether oxygens (including phenoxy) is 2. The van der Waals surface area contributed by atoms with Crippen molar-refractivity contribution >= 4 is 11.8 Å². The quantitative estimate of drug-likeness (QED) is 0.704. The Kier molecular flexibility index (Phi) is 7.54. The van der Waals surface area contributed by atoms with Crippen molar-refractivity contribution in [2.75, 3.05) is 13.7 Å². The summed E-state index contributed by atoms with van der Waals surface area (Å²) in [5, 5.41) is 5.31. The Morgan fingerprint density at radius 1 is 1.04 bits per heavy atom. The van der Waals surface area contributed by atoms with Crippen molar-refractivity contribution in [3.63, 3.8) is 0 Å². The van der Waals surface area contributed by atoms with Gasteiger partial charge in [-0.1, -0.05) is 30.3 Å². The van der Waals surface area contributed by atoms with E-state index in [9.17, 15) is 18.4 Å². The first kappa shape index (κ1) is 20.2. The second kappa shape index (κ2) is 10.1. The molecule has 0 spiro atoms. The van der Waals surface area contributed by atoms with Crippen molar-refractivity contribution in [1.82, 2.24) is 10.6 Å². The molecule has 6 nitrogen and oxygen atoms in total. The molecule has 0 heterocycles. The standard InChI is InChI=1S/C19H20F2N2O4/c1-26-15-8-7-14(11-16(15)27-19(20)21)18(25)22-10-9-17(24)23-12-13-5-3-2-4-6-13/h2-8,11,19H,9-10,12H2,1H3,(H,22,25)(H,23,24). The smallest absolute Gasteiger partial charge is 0.387 e. The number of hydrogen-bond donors (Lipinski definition) is 2. The van der Waals surface area contributed by atoms with E-state index in [4.69, 9.17) is 4.74 Å². The van der Waals surface area contributed by atoms with Gasteiger partial charge in [-0.05, 0) is 23.8 Å². The summed E-state index contributed by atoms with van der Waals surface area (Å²) in [7, 11) is 1.31. The highest BCUT2D eigenvalue weighted by molar-refractivity contribution is 5.95. The van der Waals surface area contributed by atoms with Crippen LogP contribution in [-0.2, 0) is 11.3 Å². The lowest BCUT2D eigenvalue weighted by Gasteiger charge is -2.12. The van der Waals surface area contributed by atoms with Gasteiger partial charge in [0.1, 0.15) is 0 Å². The summed E-state index contributed by atoms with van der Waals surface area (Å²) in [6.45, 7) is -2.53. The van der Waals surface area contributed by atoms with Gasteiger partial charge in [-0.2, -0.15) is 8.78 Å². The molecule has 144 valence electrons. The zero-order valence-corrected chi connectivity index (χ0v) is 14.7. The summed E-state index contributed by atoms with van der Waals surface area (Å²) in [6, 6.07) is 13.4. The highest BCUT2D eigenvalue weighted by Crippen LogP contribution is 2.29. The van der Waals surface area contributed by atoms with Gasteiger partial charge in [-0.25, -0.2) is 0 Å². The predicted molar refractivity (Wildman–Crippen MR) is 94.9 cm³/mol. The fraction of sp³-hybridized carbons (Fsp3) is 0.263. The van der Waals surface area contributed by atoms with E-state index in [1.165, 1.54) is 19.2 Å². The van der Waals surface area contributed by atoms with Crippen LogP contribution in [0.25, 0.3) is 0 Å². The van der Waals surface area contributed by atoms with Crippen LogP contribution in [0.4, 0.5) is 8.78 Å². The second-order valence-electron chi connectivity index (χ2n) is 5.51. The van der Waals surface area contributed by atoms with E-state index >= 15 is 0 Å². The number of alkyl halides is 2. The average Bonchev–Trinajstić information content (AvgIpc) is 2.66. The van der Waals surface area contributed by atoms with Gasteiger partial charge < -0.3 is 20.1 Å². The molecule has 27 heavy (non-hydrogen) atoms. The molecule has 0 saturated heterocycles. The second-order valence-corrected chi connectivity index (χ2v) is 5.51. The lowest BCUT2D eigenvalue weighted by molar-refractivity contribution is -0.121. The molecule has 0 aliphatic heterocycles. The van der Waals surface area contributed by atoms with Crippen molar-refractivity contribution < 1.29 is 27.8 Å². The Hall–Kier alpha value is -3.16. The minimum atomic E-state index is -3.04. The lowest BCUT2D eigenvalue weighted by Crippen LogP contribution is -2.30. The first-order chi connectivity index (χ1) is 13.0. The maximum Gasteiger partial charge on any atom is 0.387 e. The van der Waals surface area contributed by atoms with Gasteiger partial charge in [-0.15, -0.1) is 0 Å². The van der Waals surface area contributed by atoms with Crippen molar-refractivity contribution in [1.29, 1.82) is 0 Å². The van der Waals surface area contributed by atoms with Crippen LogP contribution in [0.2, 0.25) is 0 Å². The van der Waals surface area contributed by atoms with Crippen molar-refractivity contribution in [2.45, 2.75) is 19.6 Å². The Bertz CT molecular complexity index is 770. The van der Waals surface area contributed by atoms with Gasteiger partial charge in [0.15, 0.2) is 11.5 Å². The van der Waals surface area contributed by atoms with Crippen LogP contribution in [-0.4, -0.2) is 32.1 Å². The molecule has 2 aromatic carbocycles. The maximum absolute atomic E-state index is 12.4. The Morgan fingerprint density at radius 2 is 1.78 bits per heavy atom. The van der Waals surface area contributed by atoms with Gasteiger partial charge in [-0.3, -0.25) is 9.59 Å². The SMILES string of the molecule is COc1ccc(C(=O)NCCC(=O)NCc2ccccc2)cc1OC(F)F. The molecule has 8 heteroatoms. The molecular formula is C19H20F2N2O4. The Balaban J connectivity index is 1.82. The number of benzene rings is 2. The topological polar surface area (TPSA) is 76.7 Å². The van der Waals surface area contributed by atoms with Gasteiger partial charge in [0, 0.05) is 25.1 Å². The van der Waals surface area contributed by atoms with Crippen molar-refractivity contribution in [2.24, 2.45) is 0 Å². The third kappa shape index (κ3) is 6.58. The third-order valence-corrected chi connectivity index (χ3v) is 3.61. The number of carbonyl (C=O) groups excluding carboxylic acids is 2. The number of rotatable bonds is 9. The van der Waals surface area contributed by atoms with Gasteiger partial charge in [0.25, 0.3) is 5.91 Å². The summed E-state index contributed by atoms with van der Waals surface area (Å²) in [4.78, 5) is 23.9. The number of nitrogens with one attached hydrogen (secondary N) is 2. The molecule has 2 aromatic rings. The fourth-order valence-electron chi connectivity index (χ4n) is 2.28. The minimum absolute atomic E-state index is 0.0899. The normalized spacial score (nSPS) is 10.4. The zero-order chi connectivity index (χ0) is 19.6. The number of amides is 2. The molecule has 0 atom stereocenters. The molecule has 2 amide bonds. The molecule has 0 aliphatic carbocycles. The molecule has 0 aliphatic rings. The van der Waals surface area contributed by atoms with Crippen LogP contribution >= 0.6 is 0 Å².